The lowest BCUT2D eigenvalue weighted by Crippen LogP contribution is -2.37. The van der Waals surface area contributed by atoms with Gasteiger partial charge >= 0.3 is 0 Å². The average Bonchev–Trinajstić information content (AvgIpc) is 3.04. The monoisotopic (exact) mass is 328 g/mol. The van der Waals surface area contributed by atoms with Gasteiger partial charge in [0.1, 0.15) is 12.4 Å². The van der Waals surface area contributed by atoms with E-state index in [0.29, 0.717) is 32.1 Å². The lowest BCUT2D eigenvalue weighted by molar-refractivity contribution is 0.110. The Bertz CT molecular complexity index is 539. The highest BCUT2D eigenvalue weighted by molar-refractivity contribution is 7.89. The van der Waals surface area contributed by atoms with Crippen molar-refractivity contribution in [1.29, 1.82) is 0 Å². The molecule has 22 heavy (non-hydrogen) atoms. The molecule has 1 aromatic rings. The normalized spacial score (nSPS) is 18.5. The van der Waals surface area contributed by atoms with Gasteiger partial charge in [-0.2, -0.15) is 0 Å². The van der Waals surface area contributed by atoms with E-state index >= 15 is 0 Å². The van der Waals surface area contributed by atoms with E-state index in [4.69, 9.17) is 9.47 Å². The van der Waals surface area contributed by atoms with Crippen LogP contribution in [-0.2, 0) is 14.8 Å². The van der Waals surface area contributed by atoms with Crippen molar-refractivity contribution in [2.45, 2.75) is 30.7 Å². The molecule has 0 bridgehead atoms. The zero-order valence-electron chi connectivity index (χ0n) is 12.9. The highest BCUT2D eigenvalue weighted by atomic mass is 32.2. The van der Waals surface area contributed by atoms with Gasteiger partial charge in [0, 0.05) is 19.2 Å². The third kappa shape index (κ3) is 5.24. The molecule has 124 valence electrons. The lowest BCUT2D eigenvalue weighted by atomic mass is 10.2. The largest absolute Gasteiger partial charge is 0.491 e. The quantitative estimate of drug-likeness (QED) is 0.665. The number of ether oxygens (including phenoxy) is 2. The van der Waals surface area contributed by atoms with Gasteiger partial charge in [-0.15, -0.1) is 0 Å². The van der Waals surface area contributed by atoms with Crippen molar-refractivity contribution in [2.24, 2.45) is 0 Å². The van der Waals surface area contributed by atoms with Crippen molar-refractivity contribution in [3.05, 3.63) is 24.3 Å². The Morgan fingerprint density at radius 2 is 2.05 bits per heavy atom. The standard InChI is InChI=1S/C15H24N2O4S/c1-2-20-10-11-21-14-5-7-15(8-6-14)22(18,19)17-12-13-4-3-9-16-13/h5-8,13,16-17H,2-4,9-12H2,1H3. The van der Waals surface area contributed by atoms with Crippen molar-refractivity contribution in [3.8, 4) is 5.75 Å². The molecule has 0 spiro atoms. The van der Waals surface area contributed by atoms with Crippen molar-refractivity contribution >= 4 is 10.0 Å². The van der Waals surface area contributed by atoms with Gasteiger partial charge in [-0.05, 0) is 50.6 Å². The average molecular weight is 328 g/mol. The highest BCUT2D eigenvalue weighted by Gasteiger charge is 2.19. The van der Waals surface area contributed by atoms with Crippen LogP contribution in [-0.4, -0.2) is 47.4 Å². The predicted molar refractivity (Wildman–Crippen MR) is 84.6 cm³/mol. The molecule has 0 radical (unpaired) electrons. The van der Waals surface area contributed by atoms with Gasteiger partial charge in [0.2, 0.25) is 10.0 Å². The molecule has 6 nitrogen and oxygen atoms in total. The molecular formula is C15H24N2O4S. The van der Waals surface area contributed by atoms with Gasteiger partial charge < -0.3 is 14.8 Å². The number of sulfonamides is 1. The molecule has 1 unspecified atom stereocenters. The summed E-state index contributed by atoms with van der Waals surface area (Å²) in [7, 11) is -3.46. The molecule has 1 aliphatic rings. The van der Waals surface area contributed by atoms with E-state index in [9.17, 15) is 8.42 Å². The first-order chi connectivity index (χ1) is 10.6. The van der Waals surface area contributed by atoms with Crippen molar-refractivity contribution in [2.75, 3.05) is 32.9 Å². The summed E-state index contributed by atoms with van der Waals surface area (Å²) in [4.78, 5) is 0.252. The number of rotatable bonds is 9. The van der Waals surface area contributed by atoms with Gasteiger partial charge in [-0.1, -0.05) is 0 Å². The third-order valence-electron chi connectivity index (χ3n) is 3.52. The van der Waals surface area contributed by atoms with E-state index < -0.39 is 10.0 Å². The predicted octanol–water partition coefficient (Wildman–Crippen LogP) is 1.13. The molecular weight excluding hydrogens is 304 g/mol. The van der Waals surface area contributed by atoms with E-state index in [-0.39, 0.29) is 10.9 Å². The second-order valence-electron chi connectivity index (χ2n) is 5.16. The van der Waals surface area contributed by atoms with Crippen molar-refractivity contribution in [3.63, 3.8) is 0 Å². The molecule has 0 aromatic heterocycles. The van der Waals surface area contributed by atoms with E-state index in [2.05, 4.69) is 10.0 Å². The number of hydrogen-bond donors (Lipinski definition) is 2. The van der Waals surface area contributed by atoms with E-state index in [1.165, 1.54) is 0 Å². The molecule has 1 fully saturated rings. The molecule has 2 rings (SSSR count). The van der Waals surface area contributed by atoms with Crippen LogP contribution in [0.3, 0.4) is 0 Å². The molecule has 1 heterocycles. The highest BCUT2D eigenvalue weighted by Crippen LogP contribution is 2.16. The molecule has 0 saturated carbocycles. The summed E-state index contributed by atoms with van der Waals surface area (Å²) >= 11 is 0. The minimum atomic E-state index is -3.46. The maximum atomic E-state index is 12.2. The van der Waals surface area contributed by atoms with Crippen LogP contribution in [0.5, 0.6) is 5.75 Å². The first kappa shape index (κ1) is 17.2. The Balaban J connectivity index is 1.85. The molecule has 7 heteroatoms. The lowest BCUT2D eigenvalue weighted by Gasteiger charge is -2.12. The minimum Gasteiger partial charge on any atom is -0.491 e. The molecule has 0 aliphatic carbocycles. The molecule has 0 amide bonds. The van der Waals surface area contributed by atoms with Crippen LogP contribution >= 0.6 is 0 Å². The van der Waals surface area contributed by atoms with Gasteiger partial charge in [-0.3, -0.25) is 0 Å². The fourth-order valence-corrected chi connectivity index (χ4v) is 3.38. The molecule has 1 atom stereocenters. The van der Waals surface area contributed by atoms with Crippen LogP contribution in [0.2, 0.25) is 0 Å². The van der Waals surface area contributed by atoms with Crippen LogP contribution in [0.25, 0.3) is 0 Å². The summed E-state index contributed by atoms with van der Waals surface area (Å²) in [6, 6.07) is 6.67. The number of hydrogen-bond acceptors (Lipinski definition) is 5. The fraction of sp³-hybridized carbons (Fsp3) is 0.600. The van der Waals surface area contributed by atoms with Crippen LogP contribution in [0, 0.1) is 0 Å². The summed E-state index contributed by atoms with van der Waals surface area (Å²) in [5, 5.41) is 3.26. The topological polar surface area (TPSA) is 76.7 Å². The Kier molecular flexibility index (Phi) is 6.63. The Labute approximate surface area is 132 Å². The SMILES string of the molecule is CCOCCOc1ccc(S(=O)(=O)NCC2CCCN2)cc1. The summed E-state index contributed by atoms with van der Waals surface area (Å²) in [6.45, 7) is 4.93. The Hall–Kier alpha value is -1.15. The first-order valence-electron chi connectivity index (χ1n) is 7.65. The molecule has 1 aromatic carbocycles. The van der Waals surface area contributed by atoms with Gasteiger partial charge in [-0.25, -0.2) is 13.1 Å². The second kappa shape index (κ2) is 8.47. The summed E-state index contributed by atoms with van der Waals surface area (Å²) in [6.07, 6.45) is 2.11. The van der Waals surface area contributed by atoms with Gasteiger partial charge in [0.15, 0.2) is 0 Å². The maximum absolute atomic E-state index is 12.2. The van der Waals surface area contributed by atoms with Crippen LogP contribution in [0.4, 0.5) is 0 Å². The van der Waals surface area contributed by atoms with E-state index in [1.54, 1.807) is 24.3 Å². The first-order valence-corrected chi connectivity index (χ1v) is 9.14. The second-order valence-corrected chi connectivity index (χ2v) is 6.93. The summed E-state index contributed by atoms with van der Waals surface area (Å²) in [5.74, 6) is 0.635. The van der Waals surface area contributed by atoms with Crippen molar-refractivity contribution in [1.82, 2.24) is 10.0 Å². The van der Waals surface area contributed by atoms with E-state index in [1.807, 2.05) is 6.92 Å². The fourth-order valence-electron chi connectivity index (χ4n) is 2.30. The molecule has 1 aliphatic heterocycles. The maximum Gasteiger partial charge on any atom is 0.240 e. The molecule has 1 saturated heterocycles. The van der Waals surface area contributed by atoms with Gasteiger partial charge in [0.05, 0.1) is 11.5 Å². The molecule has 2 N–H and O–H groups in total. The van der Waals surface area contributed by atoms with E-state index in [0.717, 1.165) is 19.4 Å². The van der Waals surface area contributed by atoms with Gasteiger partial charge in [0.25, 0.3) is 0 Å². The smallest absolute Gasteiger partial charge is 0.240 e. The summed E-state index contributed by atoms with van der Waals surface area (Å²) in [5.41, 5.74) is 0. The van der Waals surface area contributed by atoms with Crippen LogP contribution in [0.1, 0.15) is 19.8 Å². The van der Waals surface area contributed by atoms with Crippen LogP contribution in [0.15, 0.2) is 29.2 Å². The van der Waals surface area contributed by atoms with Crippen LogP contribution < -0.4 is 14.8 Å². The Morgan fingerprint density at radius 1 is 1.27 bits per heavy atom. The third-order valence-corrected chi connectivity index (χ3v) is 4.96. The minimum absolute atomic E-state index is 0.232. The number of benzene rings is 1. The summed E-state index contributed by atoms with van der Waals surface area (Å²) < 4.78 is 37.7. The van der Waals surface area contributed by atoms with Crippen molar-refractivity contribution < 1.29 is 17.9 Å². The number of nitrogens with one attached hydrogen (secondary N) is 2. The zero-order valence-corrected chi connectivity index (χ0v) is 13.7. The zero-order chi connectivity index (χ0) is 15.8. The Morgan fingerprint density at radius 3 is 2.68 bits per heavy atom.